The molecule has 3 nitrogen and oxygen atoms in total. The third-order valence-electron chi connectivity index (χ3n) is 3.20. The number of hydrogen-bond donors (Lipinski definition) is 1. The van der Waals surface area contributed by atoms with Gasteiger partial charge in [0.1, 0.15) is 5.54 Å². The van der Waals surface area contributed by atoms with Crippen LogP contribution in [0.3, 0.4) is 0 Å². The predicted molar refractivity (Wildman–Crippen MR) is 69.4 cm³/mol. The monoisotopic (exact) mass is 255 g/mol. The van der Waals surface area contributed by atoms with Crippen molar-refractivity contribution in [1.29, 1.82) is 0 Å². The van der Waals surface area contributed by atoms with E-state index in [1.165, 1.54) is 0 Å². The van der Waals surface area contributed by atoms with Crippen LogP contribution in [-0.2, 0) is 10.3 Å². The van der Waals surface area contributed by atoms with Crippen LogP contribution in [-0.4, -0.2) is 29.1 Å². The summed E-state index contributed by atoms with van der Waals surface area (Å²) in [4.78, 5) is 13.5. The van der Waals surface area contributed by atoms with Gasteiger partial charge in [-0.3, -0.25) is 4.90 Å². The molecule has 0 aliphatic carbocycles. The summed E-state index contributed by atoms with van der Waals surface area (Å²) in [5.74, 6) is -0.858. The number of carboxylic acid groups (broad SMARTS) is 1. The topological polar surface area (TPSA) is 40.5 Å². The molecular formula is C13H18ClNO2. The summed E-state index contributed by atoms with van der Waals surface area (Å²) in [6.45, 7) is 6.97. The van der Waals surface area contributed by atoms with Crippen LogP contribution in [0.15, 0.2) is 24.3 Å². The third-order valence-corrected chi connectivity index (χ3v) is 3.43. The van der Waals surface area contributed by atoms with Crippen LogP contribution in [0.2, 0.25) is 5.02 Å². The van der Waals surface area contributed by atoms with Crippen molar-refractivity contribution in [2.45, 2.75) is 26.3 Å². The highest BCUT2D eigenvalue weighted by Gasteiger charge is 2.39. The van der Waals surface area contributed by atoms with Gasteiger partial charge >= 0.3 is 5.97 Å². The Balaban J connectivity index is 3.29. The molecule has 0 radical (unpaired) electrons. The maximum atomic E-state index is 11.6. The Kier molecular flexibility index (Phi) is 4.54. The van der Waals surface area contributed by atoms with Crippen LogP contribution >= 0.6 is 11.6 Å². The number of aliphatic carboxylic acids is 1. The molecule has 1 N–H and O–H groups in total. The number of halogens is 1. The number of benzene rings is 1. The van der Waals surface area contributed by atoms with Crippen molar-refractivity contribution in [2.75, 3.05) is 13.1 Å². The fourth-order valence-electron chi connectivity index (χ4n) is 2.09. The highest BCUT2D eigenvalue weighted by Crippen LogP contribution is 2.30. The molecule has 0 saturated heterocycles. The van der Waals surface area contributed by atoms with Gasteiger partial charge in [0.25, 0.3) is 0 Å². The van der Waals surface area contributed by atoms with E-state index in [4.69, 9.17) is 11.6 Å². The van der Waals surface area contributed by atoms with Crippen molar-refractivity contribution >= 4 is 17.6 Å². The lowest BCUT2D eigenvalue weighted by Crippen LogP contribution is -2.49. The number of rotatable bonds is 5. The second-order valence-corrected chi connectivity index (χ2v) is 4.50. The molecular weight excluding hydrogens is 238 g/mol. The Hall–Kier alpha value is -1.06. The maximum Gasteiger partial charge on any atom is 0.328 e. The Morgan fingerprint density at radius 1 is 1.41 bits per heavy atom. The summed E-state index contributed by atoms with van der Waals surface area (Å²) in [6.07, 6.45) is 0. The molecule has 1 aromatic carbocycles. The molecule has 4 heteroatoms. The minimum absolute atomic E-state index is 0.558. The van der Waals surface area contributed by atoms with Crippen molar-refractivity contribution in [3.8, 4) is 0 Å². The number of hydrogen-bond acceptors (Lipinski definition) is 2. The summed E-state index contributed by atoms with van der Waals surface area (Å²) in [5.41, 5.74) is -0.324. The van der Waals surface area contributed by atoms with Crippen molar-refractivity contribution in [3.05, 3.63) is 34.9 Å². The van der Waals surface area contributed by atoms with Crippen LogP contribution in [0.25, 0.3) is 0 Å². The summed E-state index contributed by atoms with van der Waals surface area (Å²) >= 11 is 5.94. The second kappa shape index (κ2) is 5.52. The van der Waals surface area contributed by atoms with E-state index in [1.807, 2.05) is 18.7 Å². The Morgan fingerprint density at radius 3 is 2.41 bits per heavy atom. The molecule has 0 heterocycles. The molecule has 0 aromatic heterocycles. The van der Waals surface area contributed by atoms with Crippen molar-refractivity contribution < 1.29 is 9.90 Å². The maximum absolute atomic E-state index is 11.6. The zero-order valence-corrected chi connectivity index (χ0v) is 11.2. The zero-order valence-electron chi connectivity index (χ0n) is 10.4. The third kappa shape index (κ3) is 2.61. The summed E-state index contributed by atoms with van der Waals surface area (Å²) < 4.78 is 0. The normalized spacial score (nSPS) is 14.6. The smallest absolute Gasteiger partial charge is 0.328 e. The first-order chi connectivity index (χ1) is 7.96. The van der Waals surface area contributed by atoms with Crippen molar-refractivity contribution in [1.82, 2.24) is 4.90 Å². The average Bonchev–Trinajstić information content (AvgIpc) is 2.30. The van der Waals surface area contributed by atoms with Crippen LogP contribution in [0.1, 0.15) is 26.3 Å². The minimum Gasteiger partial charge on any atom is -0.480 e. The first-order valence-corrected chi connectivity index (χ1v) is 6.09. The van der Waals surface area contributed by atoms with Gasteiger partial charge < -0.3 is 5.11 Å². The summed E-state index contributed by atoms with van der Waals surface area (Å²) in [7, 11) is 0. The highest BCUT2D eigenvalue weighted by atomic mass is 35.5. The van der Waals surface area contributed by atoms with Gasteiger partial charge in [-0.2, -0.15) is 0 Å². The largest absolute Gasteiger partial charge is 0.480 e. The van der Waals surface area contributed by atoms with Gasteiger partial charge in [-0.1, -0.05) is 37.6 Å². The highest BCUT2D eigenvalue weighted by molar-refractivity contribution is 6.30. The van der Waals surface area contributed by atoms with Gasteiger partial charge in [0, 0.05) is 5.02 Å². The fraction of sp³-hybridized carbons (Fsp3) is 0.462. The SMILES string of the molecule is CCN(CC)[C@](C)(C(=O)O)c1cccc(Cl)c1. The Morgan fingerprint density at radius 2 is 2.00 bits per heavy atom. The van der Waals surface area contributed by atoms with E-state index in [9.17, 15) is 9.90 Å². The lowest BCUT2D eigenvalue weighted by Gasteiger charge is -2.37. The number of likely N-dealkylation sites (N-methyl/N-ethyl adjacent to an activating group) is 1. The van der Waals surface area contributed by atoms with E-state index in [0.29, 0.717) is 23.7 Å². The first kappa shape index (κ1) is 14.0. The quantitative estimate of drug-likeness (QED) is 0.879. The van der Waals surface area contributed by atoms with Crippen LogP contribution < -0.4 is 0 Å². The molecule has 1 aromatic rings. The summed E-state index contributed by atoms with van der Waals surface area (Å²) in [6, 6.07) is 7.05. The first-order valence-electron chi connectivity index (χ1n) is 5.71. The molecule has 1 atom stereocenters. The number of carbonyl (C=O) groups is 1. The molecule has 17 heavy (non-hydrogen) atoms. The van der Waals surface area contributed by atoms with E-state index in [2.05, 4.69) is 0 Å². The van der Waals surface area contributed by atoms with Gasteiger partial charge in [0.2, 0.25) is 0 Å². The van der Waals surface area contributed by atoms with E-state index in [-0.39, 0.29) is 0 Å². The molecule has 0 bridgehead atoms. The standard InChI is InChI=1S/C13H18ClNO2/c1-4-15(5-2)13(3,12(16)17)10-7-6-8-11(14)9-10/h6-9H,4-5H2,1-3H3,(H,16,17)/t13-/m0/s1. The molecule has 0 saturated carbocycles. The van der Waals surface area contributed by atoms with E-state index < -0.39 is 11.5 Å². The Bertz CT molecular complexity index is 404. The zero-order chi connectivity index (χ0) is 13.1. The molecule has 0 aliphatic heterocycles. The van der Waals surface area contributed by atoms with Crippen molar-refractivity contribution in [3.63, 3.8) is 0 Å². The molecule has 0 amide bonds. The molecule has 1 rings (SSSR count). The fourth-order valence-corrected chi connectivity index (χ4v) is 2.28. The van der Waals surface area contributed by atoms with Gasteiger partial charge in [-0.25, -0.2) is 4.79 Å². The lowest BCUT2D eigenvalue weighted by molar-refractivity contribution is -0.151. The molecule has 0 unspecified atom stereocenters. The summed E-state index contributed by atoms with van der Waals surface area (Å²) in [5, 5.41) is 10.1. The van der Waals surface area contributed by atoms with E-state index in [0.717, 1.165) is 0 Å². The van der Waals surface area contributed by atoms with Gasteiger partial charge in [0.05, 0.1) is 0 Å². The minimum atomic E-state index is -1.03. The average molecular weight is 256 g/mol. The Labute approximate surface area is 107 Å². The van der Waals surface area contributed by atoms with Gasteiger partial charge in [0.15, 0.2) is 0 Å². The van der Waals surface area contributed by atoms with Crippen LogP contribution in [0.5, 0.6) is 0 Å². The molecule has 0 spiro atoms. The predicted octanol–water partition coefficient (Wildman–Crippen LogP) is 2.98. The van der Waals surface area contributed by atoms with Crippen LogP contribution in [0, 0.1) is 0 Å². The van der Waals surface area contributed by atoms with E-state index in [1.54, 1.807) is 31.2 Å². The number of nitrogens with zero attached hydrogens (tertiary/aromatic N) is 1. The van der Waals surface area contributed by atoms with Crippen molar-refractivity contribution in [2.24, 2.45) is 0 Å². The second-order valence-electron chi connectivity index (χ2n) is 4.06. The molecule has 94 valence electrons. The molecule has 0 aliphatic rings. The molecule has 0 fully saturated rings. The number of carboxylic acids is 1. The van der Waals surface area contributed by atoms with Gasteiger partial charge in [-0.15, -0.1) is 0 Å². The van der Waals surface area contributed by atoms with Gasteiger partial charge in [-0.05, 0) is 37.7 Å². The van der Waals surface area contributed by atoms with E-state index >= 15 is 0 Å². The lowest BCUT2D eigenvalue weighted by atomic mass is 9.90. The van der Waals surface area contributed by atoms with Crippen LogP contribution in [0.4, 0.5) is 0 Å².